The topological polar surface area (TPSA) is 24.1 Å². The summed E-state index contributed by atoms with van der Waals surface area (Å²) in [5.74, 6) is 0. The average molecular weight is 338 g/mol. The number of rotatable bonds is 0. The molecule has 2 nitrogen and oxygen atoms in total. The van der Waals surface area contributed by atoms with Crippen LogP contribution < -0.4 is 10.6 Å². The largest absolute Gasteiger partial charge is 0.352 e. The Hall–Kier alpha value is -3.00. The molecule has 0 bridgehead atoms. The van der Waals surface area contributed by atoms with Crippen LogP contribution in [0.5, 0.6) is 0 Å². The molecule has 0 aromatic heterocycles. The molecule has 0 unspecified atom stereocenters. The van der Waals surface area contributed by atoms with Crippen LogP contribution in [-0.4, -0.2) is 0 Å². The highest BCUT2D eigenvalue weighted by Crippen LogP contribution is 2.49. The summed E-state index contributed by atoms with van der Waals surface area (Å²) in [5.41, 5.74) is 9.99. The Morgan fingerprint density at radius 2 is 0.654 bits per heavy atom. The predicted octanol–water partition coefficient (Wildman–Crippen LogP) is 7.03. The molecule has 0 spiro atoms. The highest BCUT2D eigenvalue weighted by Gasteiger charge is 2.24. The second-order valence-corrected chi connectivity index (χ2v) is 7.34. The first-order chi connectivity index (χ1) is 12.6. The van der Waals surface area contributed by atoms with E-state index >= 15 is 0 Å². The molecule has 2 N–H and O–H groups in total. The first-order valence-corrected chi connectivity index (χ1v) is 9.15. The van der Waals surface area contributed by atoms with Crippen molar-refractivity contribution in [2.75, 3.05) is 10.6 Å². The molecule has 0 atom stereocenters. The van der Waals surface area contributed by atoms with Crippen LogP contribution in [0.15, 0.2) is 48.5 Å². The van der Waals surface area contributed by atoms with Crippen molar-refractivity contribution in [3.63, 3.8) is 0 Å². The second-order valence-electron chi connectivity index (χ2n) is 7.34. The third-order valence-corrected chi connectivity index (χ3v) is 5.97. The Morgan fingerprint density at radius 3 is 0.885 bits per heavy atom. The number of hydrogen-bond acceptors (Lipinski definition) is 2. The zero-order valence-corrected chi connectivity index (χ0v) is 15.6. The first kappa shape index (κ1) is 15.3. The molecule has 1 aliphatic heterocycles. The van der Waals surface area contributed by atoms with Gasteiger partial charge in [0, 0.05) is 0 Å². The molecule has 2 heteroatoms. The molecule has 0 amide bonds. The van der Waals surface area contributed by atoms with E-state index in [-0.39, 0.29) is 0 Å². The number of benzene rings is 4. The zero-order valence-electron chi connectivity index (χ0n) is 15.6. The van der Waals surface area contributed by atoms with E-state index in [0.717, 1.165) is 0 Å². The van der Waals surface area contributed by atoms with E-state index in [1.807, 2.05) is 0 Å². The van der Waals surface area contributed by atoms with E-state index in [4.69, 9.17) is 0 Å². The minimum Gasteiger partial charge on any atom is -0.352 e. The van der Waals surface area contributed by atoms with Crippen LogP contribution >= 0.6 is 0 Å². The minimum absolute atomic E-state index is 1.20. The average Bonchev–Trinajstić information content (AvgIpc) is 2.69. The van der Waals surface area contributed by atoms with E-state index in [1.165, 1.54) is 66.5 Å². The Bertz CT molecular complexity index is 1030. The van der Waals surface area contributed by atoms with Crippen LogP contribution in [0.2, 0.25) is 0 Å². The van der Waals surface area contributed by atoms with Gasteiger partial charge in [0.15, 0.2) is 0 Å². The molecule has 1 aliphatic rings. The lowest BCUT2D eigenvalue weighted by Gasteiger charge is -2.31. The third-order valence-electron chi connectivity index (χ3n) is 5.97. The summed E-state index contributed by atoms with van der Waals surface area (Å²) >= 11 is 0. The van der Waals surface area contributed by atoms with E-state index in [9.17, 15) is 0 Å². The third kappa shape index (κ3) is 1.87. The SMILES string of the molecule is Cc1c2c(c(C)c3ccccc13)Nc1c(c(C)c3ccccc3c1C)N2. The highest BCUT2D eigenvalue weighted by molar-refractivity contribution is 6.09. The molecule has 4 aromatic carbocycles. The summed E-state index contributed by atoms with van der Waals surface area (Å²) in [6.45, 7) is 8.85. The molecule has 0 saturated heterocycles. The van der Waals surface area contributed by atoms with Gasteiger partial charge >= 0.3 is 0 Å². The van der Waals surface area contributed by atoms with Crippen molar-refractivity contribution in [2.24, 2.45) is 0 Å². The van der Waals surface area contributed by atoms with Crippen LogP contribution in [0, 0.1) is 27.7 Å². The maximum absolute atomic E-state index is 3.78. The summed E-state index contributed by atoms with van der Waals surface area (Å²) < 4.78 is 0. The number of fused-ring (bicyclic) bond motifs is 4. The van der Waals surface area contributed by atoms with Crippen molar-refractivity contribution in [1.82, 2.24) is 0 Å². The zero-order chi connectivity index (χ0) is 18.0. The Labute approximate surface area is 153 Å². The molecule has 0 fully saturated rings. The smallest absolute Gasteiger partial charge is 0.0663 e. The van der Waals surface area contributed by atoms with E-state index in [1.54, 1.807) is 0 Å². The lowest BCUT2D eigenvalue weighted by atomic mass is 9.92. The normalized spacial score (nSPS) is 12.5. The van der Waals surface area contributed by atoms with Gasteiger partial charge in [0.05, 0.1) is 22.7 Å². The lowest BCUT2D eigenvalue weighted by molar-refractivity contribution is 1.33. The molecule has 26 heavy (non-hydrogen) atoms. The van der Waals surface area contributed by atoms with Gasteiger partial charge < -0.3 is 10.6 Å². The molecule has 0 aliphatic carbocycles. The fraction of sp³-hybridized carbons (Fsp3) is 0.167. The van der Waals surface area contributed by atoms with Crippen LogP contribution in [0.1, 0.15) is 22.3 Å². The van der Waals surface area contributed by atoms with Crippen LogP contribution in [0.3, 0.4) is 0 Å². The molecule has 0 radical (unpaired) electrons. The molecular formula is C24H22N2. The number of aryl methyl sites for hydroxylation is 4. The summed E-state index contributed by atoms with van der Waals surface area (Å²) in [7, 11) is 0. The van der Waals surface area contributed by atoms with Crippen molar-refractivity contribution >= 4 is 44.3 Å². The van der Waals surface area contributed by atoms with Crippen LogP contribution in [0.4, 0.5) is 22.7 Å². The molecule has 128 valence electrons. The van der Waals surface area contributed by atoms with Gasteiger partial charge in [-0.2, -0.15) is 0 Å². The van der Waals surface area contributed by atoms with Crippen molar-refractivity contribution < 1.29 is 0 Å². The molecule has 0 saturated carbocycles. The van der Waals surface area contributed by atoms with Crippen molar-refractivity contribution in [2.45, 2.75) is 27.7 Å². The quantitative estimate of drug-likeness (QED) is 0.317. The maximum Gasteiger partial charge on any atom is 0.0663 e. The van der Waals surface area contributed by atoms with Crippen molar-refractivity contribution in [3.8, 4) is 0 Å². The molecule has 4 aromatic rings. The summed E-state index contributed by atoms with van der Waals surface area (Å²) in [6.07, 6.45) is 0. The molecule has 5 rings (SSSR count). The monoisotopic (exact) mass is 338 g/mol. The van der Waals surface area contributed by atoms with Crippen molar-refractivity contribution in [1.29, 1.82) is 0 Å². The number of hydrogen-bond donors (Lipinski definition) is 2. The van der Waals surface area contributed by atoms with Crippen molar-refractivity contribution in [3.05, 3.63) is 70.8 Å². The van der Waals surface area contributed by atoms with E-state index < -0.39 is 0 Å². The van der Waals surface area contributed by atoms with E-state index in [2.05, 4.69) is 86.9 Å². The van der Waals surface area contributed by atoms with Gasteiger partial charge in [-0.1, -0.05) is 48.5 Å². The first-order valence-electron chi connectivity index (χ1n) is 9.15. The maximum atomic E-state index is 3.78. The van der Waals surface area contributed by atoms with Crippen LogP contribution in [-0.2, 0) is 0 Å². The fourth-order valence-corrected chi connectivity index (χ4v) is 4.44. The summed E-state index contributed by atoms with van der Waals surface area (Å²) in [5, 5.41) is 12.8. The van der Waals surface area contributed by atoms with Gasteiger partial charge in [-0.05, 0) is 71.5 Å². The lowest BCUT2D eigenvalue weighted by Crippen LogP contribution is -2.12. The Kier molecular flexibility index (Phi) is 3.08. The highest BCUT2D eigenvalue weighted by atomic mass is 15.0. The Balaban J connectivity index is 1.85. The molecule has 1 heterocycles. The predicted molar refractivity (Wildman–Crippen MR) is 113 cm³/mol. The van der Waals surface area contributed by atoms with E-state index in [0.29, 0.717) is 0 Å². The van der Waals surface area contributed by atoms with Gasteiger partial charge in [0.2, 0.25) is 0 Å². The standard InChI is InChI=1S/C24H22N2/c1-13-17-9-5-6-10-18(17)14(2)22-21(13)25-23-15(3)19-11-7-8-12-20(19)16(4)24(23)26-22/h5-12,25-26H,1-4H3. The van der Waals surface area contributed by atoms with Gasteiger partial charge in [-0.3, -0.25) is 0 Å². The number of nitrogens with one attached hydrogen (secondary N) is 2. The molecular weight excluding hydrogens is 316 g/mol. The summed E-state index contributed by atoms with van der Waals surface area (Å²) in [6, 6.07) is 17.3. The van der Waals surface area contributed by atoms with Gasteiger partial charge in [-0.15, -0.1) is 0 Å². The second kappa shape index (κ2) is 5.25. The number of anilines is 4. The Morgan fingerprint density at radius 1 is 0.423 bits per heavy atom. The minimum atomic E-state index is 1.20. The fourth-order valence-electron chi connectivity index (χ4n) is 4.44. The van der Waals surface area contributed by atoms with Gasteiger partial charge in [0.25, 0.3) is 0 Å². The van der Waals surface area contributed by atoms with Crippen LogP contribution in [0.25, 0.3) is 21.5 Å². The van der Waals surface area contributed by atoms with Gasteiger partial charge in [0.1, 0.15) is 0 Å². The van der Waals surface area contributed by atoms with Gasteiger partial charge in [-0.25, -0.2) is 0 Å². The summed E-state index contributed by atoms with van der Waals surface area (Å²) in [4.78, 5) is 0.